The maximum absolute atomic E-state index is 13.7. The molecular weight excluding hydrogens is 574 g/mol. The van der Waals surface area contributed by atoms with Crippen molar-refractivity contribution in [3.05, 3.63) is 88.4 Å². The van der Waals surface area contributed by atoms with Crippen LogP contribution in [0.1, 0.15) is 50.7 Å². The van der Waals surface area contributed by atoms with E-state index in [1.807, 2.05) is 61.7 Å². The van der Waals surface area contributed by atoms with Crippen LogP contribution < -0.4 is 10.1 Å². The molecule has 4 rings (SSSR count). The number of allylic oxidation sites excluding steroid dienone is 2. The monoisotopic (exact) mass is 617 g/mol. The number of unbranched alkanes of at least 4 members (excludes halogenated alkanes) is 1. The Hall–Kier alpha value is -4.41. The summed E-state index contributed by atoms with van der Waals surface area (Å²) in [6.45, 7) is 8.94. The van der Waals surface area contributed by atoms with Gasteiger partial charge in [0.2, 0.25) is 0 Å². The van der Waals surface area contributed by atoms with E-state index in [1.54, 1.807) is 18.5 Å². The average molecular weight is 618 g/mol. The Balaban J connectivity index is 1.91. The highest BCUT2D eigenvalue weighted by Gasteiger charge is 2.40. The molecule has 2 aromatic carbocycles. The summed E-state index contributed by atoms with van der Waals surface area (Å²) in [4.78, 5) is 27.5. The standard InChI is InChI=1S/C35H43N3O7/c1-7-8-16-43-29-15-14-26(21-23(29)2)33-28(22-38(37-33)27-12-10-9-11-13-27)32-30(34(39)44-19-17-41-5)24(3)36-25(4)31(32)35(40)45-20-18-42-6/h9-15,21-22,32,36H,7-8,16-20H2,1-6H3. The van der Waals surface area contributed by atoms with Gasteiger partial charge in [-0.15, -0.1) is 0 Å². The van der Waals surface area contributed by atoms with E-state index in [1.165, 1.54) is 14.2 Å². The van der Waals surface area contributed by atoms with Gasteiger partial charge < -0.3 is 29.0 Å². The molecule has 10 heteroatoms. The van der Waals surface area contributed by atoms with E-state index >= 15 is 0 Å². The summed E-state index contributed by atoms with van der Waals surface area (Å²) in [5.74, 6) is -1.17. The lowest BCUT2D eigenvalue weighted by Gasteiger charge is -2.30. The van der Waals surface area contributed by atoms with Crippen molar-refractivity contribution in [3.63, 3.8) is 0 Å². The van der Waals surface area contributed by atoms with Gasteiger partial charge in [-0.1, -0.05) is 31.5 Å². The molecule has 1 aliphatic heterocycles. The van der Waals surface area contributed by atoms with Gasteiger partial charge in [-0.3, -0.25) is 0 Å². The molecule has 1 N–H and O–H groups in total. The first kappa shape index (κ1) is 33.5. The molecule has 3 aromatic rings. The third kappa shape index (κ3) is 8.01. The molecule has 45 heavy (non-hydrogen) atoms. The van der Waals surface area contributed by atoms with Crippen molar-refractivity contribution < 1.29 is 33.3 Å². The Bertz CT molecular complexity index is 1500. The second kappa shape index (κ2) is 16.1. The first-order chi connectivity index (χ1) is 21.8. The van der Waals surface area contributed by atoms with Crippen molar-refractivity contribution in [2.45, 2.75) is 46.5 Å². The third-order valence-corrected chi connectivity index (χ3v) is 7.52. The van der Waals surface area contributed by atoms with Gasteiger partial charge in [-0.25, -0.2) is 14.3 Å². The number of esters is 2. The predicted octanol–water partition coefficient (Wildman–Crippen LogP) is 5.64. The van der Waals surface area contributed by atoms with E-state index in [0.717, 1.165) is 35.4 Å². The number of aryl methyl sites for hydroxylation is 1. The Morgan fingerprint density at radius 3 is 2.02 bits per heavy atom. The fourth-order valence-electron chi connectivity index (χ4n) is 5.26. The number of nitrogens with one attached hydrogen (secondary N) is 1. The van der Waals surface area contributed by atoms with Crippen molar-refractivity contribution in [2.24, 2.45) is 0 Å². The number of nitrogens with zero attached hydrogens (tertiary/aromatic N) is 2. The van der Waals surface area contributed by atoms with E-state index in [9.17, 15) is 9.59 Å². The van der Waals surface area contributed by atoms with Crippen LogP contribution in [0.2, 0.25) is 0 Å². The lowest BCUT2D eigenvalue weighted by molar-refractivity contribution is -0.141. The Labute approximate surface area is 265 Å². The topological polar surface area (TPSA) is 110 Å². The zero-order chi connectivity index (χ0) is 32.3. The van der Waals surface area contributed by atoms with Gasteiger partial charge in [-0.05, 0) is 63.1 Å². The Kier molecular flexibility index (Phi) is 11.9. The number of hydrogen-bond donors (Lipinski definition) is 1. The molecule has 0 amide bonds. The number of benzene rings is 2. The molecule has 0 saturated carbocycles. The van der Waals surface area contributed by atoms with Crippen LogP contribution >= 0.6 is 0 Å². The van der Waals surface area contributed by atoms with Gasteiger partial charge in [0.15, 0.2) is 0 Å². The van der Waals surface area contributed by atoms with Crippen LogP contribution in [0.15, 0.2) is 77.3 Å². The summed E-state index contributed by atoms with van der Waals surface area (Å²) in [6, 6.07) is 15.6. The molecule has 0 fully saturated rings. The zero-order valence-electron chi connectivity index (χ0n) is 27.0. The van der Waals surface area contributed by atoms with Crippen LogP contribution in [0.3, 0.4) is 0 Å². The van der Waals surface area contributed by atoms with Gasteiger partial charge in [-0.2, -0.15) is 5.10 Å². The largest absolute Gasteiger partial charge is 0.493 e. The lowest BCUT2D eigenvalue weighted by Crippen LogP contribution is -2.33. The van der Waals surface area contributed by atoms with Crippen molar-refractivity contribution in [1.82, 2.24) is 15.1 Å². The summed E-state index contributed by atoms with van der Waals surface area (Å²) < 4.78 is 29.2. The molecule has 0 bridgehead atoms. The molecule has 240 valence electrons. The van der Waals surface area contributed by atoms with Gasteiger partial charge in [0.05, 0.1) is 48.3 Å². The Morgan fingerprint density at radius 1 is 0.844 bits per heavy atom. The number of ether oxygens (including phenoxy) is 5. The van der Waals surface area contributed by atoms with Crippen molar-refractivity contribution in [3.8, 4) is 22.7 Å². The first-order valence-electron chi connectivity index (χ1n) is 15.2. The summed E-state index contributed by atoms with van der Waals surface area (Å²) >= 11 is 0. The highest BCUT2D eigenvalue weighted by Crippen LogP contribution is 2.43. The summed E-state index contributed by atoms with van der Waals surface area (Å²) in [6.07, 6.45) is 3.87. The van der Waals surface area contributed by atoms with Crippen LogP contribution in [0.5, 0.6) is 5.75 Å². The summed E-state index contributed by atoms with van der Waals surface area (Å²) in [5, 5.41) is 8.24. The van der Waals surface area contributed by atoms with Crippen LogP contribution in [0.25, 0.3) is 16.9 Å². The molecular formula is C35H43N3O7. The minimum Gasteiger partial charge on any atom is -0.493 e. The average Bonchev–Trinajstić information content (AvgIpc) is 3.47. The molecule has 1 aromatic heterocycles. The SMILES string of the molecule is CCCCOc1ccc(-c2nn(-c3ccccc3)cc2C2C(C(=O)OCCOC)=C(C)NC(C)=C2C(=O)OCCOC)cc1C. The molecule has 10 nitrogen and oxygen atoms in total. The van der Waals surface area contributed by atoms with Crippen molar-refractivity contribution in [1.29, 1.82) is 0 Å². The normalized spacial score (nSPS) is 13.6. The first-order valence-corrected chi connectivity index (χ1v) is 15.2. The number of carbonyl (C=O) groups is 2. The highest BCUT2D eigenvalue weighted by molar-refractivity contribution is 6.00. The number of hydrogen-bond acceptors (Lipinski definition) is 9. The van der Waals surface area contributed by atoms with Gasteiger partial charge in [0, 0.05) is 42.9 Å². The fraction of sp³-hybridized carbons (Fsp3) is 0.400. The third-order valence-electron chi connectivity index (χ3n) is 7.52. The van der Waals surface area contributed by atoms with Crippen LogP contribution in [-0.4, -0.2) is 69.0 Å². The molecule has 1 aliphatic rings. The number of aromatic nitrogens is 2. The lowest BCUT2D eigenvalue weighted by atomic mass is 9.79. The highest BCUT2D eigenvalue weighted by atomic mass is 16.6. The van der Waals surface area contributed by atoms with Crippen molar-refractivity contribution >= 4 is 11.9 Å². The molecule has 0 aliphatic carbocycles. The van der Waals surface area contributed by atoms with E-state index in [2.05, 4.69) is 12.2 Å². The second-order valence-corrected chi connectivity index (χ2v) is 10.8. The number of dihydropyridines is 1. The van der Waals surface area contributed by atoms with E-state index in [-0.39, 0.29) is 26.4 Å². The van der Waals surface area contributed by atoms with Gasteiger partial charge in [0.25, 0.3) is 0 Å². The Morgan fingerprint density at radius 2 is 1.47 bits per heavy atom. The van der Waals surface area contributed by atoms with E-state index in [0.29, 0.717) is 40.4 Å². The molecule has 0 radical (unpaired) electrons. The summed E-state index contributed by atoms with van der Waals surface area (Å²) in [7, 11) is 3.08. The minimum absolute atomic E-state index is 0.0595. The zero-order valence-corrected chi connectivity index (χ0v) is 27.0. The van der Waals surface area contributed by atoms with Gasteiger partial charge in [0.1, 0.15) is 19.0 Å². The number of carbonyl (C=O) groups excluding carboxylic acids is 2. The number of para-hydroxylation sites is 1. The quantitative estimate of drug-likeness (QED) is 0.171. The fourth-order valence-corrected chi connectivity index (χ4v) is 5.26. The molecule has 2 heterocycles. The molecule has 0 unspecified atom stereocenters. The second-order valence-electron chi connectivity index (χ2n) is 10.8. The predicted molar refractivity (Wildman–Crippen MR) is 171 cm³/mol. The number of rotatable bonds is 15. The molecule has 0 saturated heterocycles. The van der Waals surface area contributed by atoms with Crippen molar-refractivity contribution in [2.75, 3.05) is 47.3 Å². The minimum atomic E-state index is -0.843. The van der Waals surface area contributed by atoms with Gasteiger partial charge >= 0.3 is 11.9 Å². The van der Waals surface area contributed by atoms with E-state index < -0.39 is 17.9 Å². The molecule has 0 spiro atoms. The maximum atomic E-state index is 13.7. The summed E-state index contributed by atoms with van der Waals surface area (Å²) in [5.41, 5.74) is 5.57. The van der Waals surface area contributed by atoms with Crippen LogP contribution in [0, 0.1) is 6.92 Å². The molecule has 0 atom stereocenters. The van der Waals surface area contributed by atoms with Crippen LogP contribution in [0.4, 0.5) is 0 Å². The van der Waals surface area contributed by atoms with E-state index in [4.69, 9.17) is 28.8 Å². The van der Waals surface area contributed by atoms with Crippen LogP contribution in [-0.2, 0) is 28.5 Å². The maximum Gasteiger partial charge on any atom is 0.336 e. The number of methoxy groups -OCH3 is 2. The smallest absolute Gasteiger partial charge is 0.336 e.